The first kappa shape index (κ1) is 11.7. The molecular weight excluding hydrogens is 242 g/mol. The monoisotopic (exact) mass is 257 g/mol. The summed E-state index contributed by atoms with van der Waals surface area (Å²) in [6.45, 7) is 2.51. The molecule has 0 atom stereocenters. The summed E-state index contributed by atoms with van der Waals surface area (Å²) in [4.78, 5) is 8.70. The van der Waals surface area contributed by atoms with Crippen LogP contribution in [-0.2, 0) is 13.5 Å². The van der Waals surface area contributed by atoms with Crippen molar-refractivity contribution in [3.8, 4) is 0 Å². The third-order valence-corrected chi connectivity index (χ3v) is 2.99. The summed E-state index contributed by atoms with van der Waals surface area (Å²) in [5.41, 5.74) is 2.10. The van der Waals surface area contributed by atoms with Crippen molar-refractivity contribution in [3.05, 3.63) is 36.0 Å². The highest BCUT2D eigenvalue weighted by atomic mass is 16.5. The molecule has 3 aromatic rings. The molecular formula is C13H15N5O. The quantitative estimate of drug-likeness (QED) is 0.773. The predicted molar refractivity (Wildman–Crippen MR) is 71.9 cm³/mol. The lowest BCUT2D eigenvalue weighted by molar-refractivity contribution is 0.387. The van der Waals surface area contributed by atoms with Gasteiger partial charge in [-0.1, -0.05) is 17.3 Å². The number of anilines is 1. The van der Waals surface area contributed by atoms with Crippen molar-refractivity contribution in [3.63, 3.8) is 0 Å². The fourth-order valence-electron chi connectivity index (χ4n) is 2.03. The van der Waals surface area contributed by atoms with Gasteiger partial charge in [0.15, 0.2) is 5.82 Å². The molecule has 6 nitrogen and oxygen atoms in total. The molecule has 2 aromatic heterocycles. The van der Waals surface area contributed by atoms with Gasteiger partial charge in [0.2, 0.25) is 11.8 Å². The molecule has 0 saturated heterocycles. The van der Waals surface area contributed by atoms with Crippen molar-refractivity contribution >= 4 is 17.0 Å². The van der Waals surface area contributed by atoms with E-state index in [1.54, 1.807) is 6.92 Å². The van der Waals surface area contributed by atoms with E-state index < -0.39 is 0 Å². The van der Waals surface area contributed by atoms with Crippen LogP contribution in [0.25, 0.3) is 11.0 Å². The van der Waals surface area contributed by atoms with Crippen molar-refractivity contribution in [2.75, 3.05) is 11.9 Å². The highest BCUT2D eigenvalue weighted by Crippen LogP contribution is 2.17. The molecule has 0 radical (unpaired) electrons. The van der Waals surface area contributed by atoms with Crippen molar-refractivity contribution in [1.29, 1.82) is 0 Å². The Morgan fingerprint density at radius 1 is 1.26 bits per heavy atom. The number of aromatic nitrogens is 4. The second kappa shape index (κ2) is 4.72. The van der Waals surface area contributed by atoms with E-state index in [0.29, 0.717) is 18.1 Å². The number of imidazole rings is 1. The van der Waals surface area contributed by atoms with Gasteiger partial charge in [-0.3, -0.25) is 0 Å². The van der Waals surface area contributed by atoms with Crippen LogP contribution < -0.4 is 5.32 Å². The maximum Gasteiger partial charge on any atom is 0.223 e. The molecule has 0 fully saturated rings. The lowest BCUT2D eigenvalue weighted by Crippen LogP contribution is -2.09. The van der Waals surface area contributed by atoms with Crippen LogP contribution >= 0.6 is 0 Å². The summed E-state index contributed by atoms with van der Waals surface area (Å²) in [6, 6.07) is 8.05. The minimum atomic E-state index is 0.595. The molecule has 0 spiro atoms. The molecule has 0 bridgehead atoms. The number of nitrogens with one attached hydrogen (secondary N) is 1. The van der Waals surface area contributed by atoms with Crippen LogP contribution in [0.3, 0.4) is 0 Å². The number of benzene rings is 1. The molecule has 0 aliphatic heterocycles. The van der Waals surface area contributed by atoms with Crippen molar-refractivity contribution in [1.82, 2.24) is 19.7 Å². The number of para-hydroxylation sites is 2. The zero-order valence-corrected chi connectivity index (χ0v) is 10.9. The van der Waals surface area contributed by atoms with Gasteiger partial charge in [0.05, 0.1) is 11.0 Å². The Labute approximate surface area is 110 Å². The fourth-order valence-corrected chi connectivity index (χ4v) is 2.03. The number of rotatable bonds is 4. The SMILES string of the molecule is Cc1nc(CCNc2nc3ccccc3n2C)no1. The molecule has 0 saturated carbocycles. The summed E-state index contributed by atoms with van der Waals surface area (Å²) in [6.07, 6.45) is 0.709. The Morgan fingerprint density at radius 2 is 2.11 bits per heavy atom. The summed E-state index contributed by atoms with van der Waals surface area (Å²) < 4.78 is 6.97. The largest absolute Gasteiger partial charge is 0.355 e. The number of fused-ring (bicyclic) bond motifs is 1. The topological polar surface area (TPSA) is 68.8 Å². The number of aryl methyl sites for hydroxylation is 2. The normalized spacial score (nSPS) is 11.1. The number of nitrogens with zero attached hydrogens (tertiary/aromatic N) is 4. The second-order valence-electron chi connectivity index (χ2n) is 4.39. The van der Waals surface area contributed by atoms with E-state index in [4.69, 9.17) is 4.52 Å². The maximum absolute atomic E-state index is 4.93. The Morgan fingerprint density at radius 3 is 2.84 bits per heavy atom. The first-order valence-electron chi connectivity index (χ1n) is 6.18. The van der Waals surface area contributed by atoms with Crippen LogP contribution in [0.2, 0.25) is 0 Å². The molecule has 0 unspecified atom stereocenters. The number of hydrogen-bond donors (Lipinski definition) is 1. The molecule has 6 heteroatoms. The van der Waals surface area contributed by atoms with E-state index in [-0.39, 0.29) is 0 Å². The van der Waals surface area contributed by atoms with Gasteiger partial charge in [0.25, 0.3) is 0 Å². The van der Waals surface area contributed by atoms with Gasteiger partial charge < -0.3 is 14.4 Å². The Kier molecular flexibility index (Phi) is 2.91. The molecule has 2 heterocycles. The van der Waals surface area contributed by atoms with Crippen LogP contribution in [0.1, 0.15) is 11.7 Å². The van der Waals surface area contributed by atoms with Gasteiger partial charge in [0.1, 0.15) is 0 Å². The van der Waals surface area contributed by atoms with E-state index >= 15 is 0 Å². The van der Waals surface area contributed by atoms with Crippen LogP contribution in [0.5, 0.6) is 0 Å². The van der Waals surface area contributed by atoms with Crippen LogP contribution in [0.15, 0.2) is 28.8 Å². The molecule has 1 aromatic carbocycles. The van der Waals surface area contributed by atoms with Gasteiger partial charge in [-0.05, 0) is 12.1 Å². The third kappa shape index (κ3) is 2.29. The summed E-state index contributed by atoms with van der Waals surface area (Å²) in [5.74, 6) is 2.16. The first-order chi connectivity index (χ1) is 9.24. The minimum absolute atomic E-state index is 0.595. The first-order valence-corrected chi connectivity index (χ1v) is 6.18. The zero-order chi connectivity index (χ0) is 13.2. The minimum Gasteiger partial charge on any atom is -0.355 e. The van der Waals surface area contributed by atoms with Crippen LogP contribution in [0.4, 0.5) is 5.95 Å². The standard InChI is InChI=1S/C13H15N5O/c1-9-15-12(17-19-9)7-8-14-13-16-10-5-3-4-6-11(10)18(13)2/h3-6H,7-8H2,1-2H3,(H,14,16). The molecule has 1 N–H and O–H groups in total. The summed E-state index contributed by atoms with van der Waals surface area (Å²) >= 11 is 0. The summed E-state index contributed by atoms with van der Waals surface area (Å²) in [7, 11) is 2.00. The van der Waals surface area contributed by atoms with Gasteiger partial charge in [-0.15, -0.1) is 0 Å². The highest BCUT2D eigenvalue weighted by Gasteiger charge is 2.07. The lowest BCUT2D eigenvalue weighted by atomic mass is 10.3. The molecule has 98 valence electrons. The van der Waals surface area contributed by atoms with Crippen molar-refractivity contribution in [2.24, 2.45) is 7.05 Å². The predicted octanol–water partition coefficient (Wildman–Crippen LogP) is 1.92. The Bertz CT molecular complexity index is 700. The molecule has 0 aliphatic rings. The third-order valence-electron chi connectivity index (χ3n) is 2.99. The maximum atomic E-state index is 4.93. The van der Waals surface area contributed by atoms with E-state index in [0.717, 1.165) is 23.5 Å². The van der Waals surface area contributed by atoms with E-state index in [1.807, 2.05) is 29.8 Å². The van der Waals surface area contributed by atoms with Gasteiger partial charge >= 0.3 is 0 Å². The highest BCUT2D eigenvalue weighted by molar-refractivity contribution is 5.78. The van der Waals surface area contributed by atoms with E-state index in [2.05, 4.69) is 26.5 Å². The van der Waals surface area contributed by atoms with Gasteiger partial charge in [-0.2, -0.15) is 4.98 Å². The zero-order valence-electron chi connectivity index (χ0n) is 10.9. The fraction of sp³-hybridized carbons (Fsp3) is 0.308. The molecule has 0 aliphatic carbocycles. The second-order valence-corrected chi connectivity index (χ2v) is 4.39. The van der Waals surface area contributed by atoms with E-state index in [1.165, 1.54) is 0 Å². The van der Waals surface area contributed by atoms with Gasteiger partial charge in [0, 0.05) is 26.9 Å². The Hall–Kier alpha value is -2.37. The average molecular weight is 257 g/mol. The smallest absolute Gasteiger partial charge is 0.223 e. The number of hydrogen-bond acceptors (Lipinski definition) is 5. The van der Waals surface area contributed by atoms with Crippen molar-refractivity contribution < 1.29 is 4.52 Å². The van der Waals surface area contributed by atoms with Gasteiger partial charge in [-0.25, -0.2) is 4.98 Å². The molecule has 3 rings (SSSR count). The Balaban J connectivity index is 1.70. The van der Waals surface area contributed by atoms with Crippen molar-refractivity contribution in [2.45, 2.75) is 13.3 Å². The average Bonchev–Trinajstić information content (AvgIpc) is 2.96. The van der Waals surface area contributed by atoms with E-state index in [9.17, 15) is 0 Å². The molecule has 19 heavy (non-hydrogen) atoms. The lowest BCUT2D eigenvalue weighted by Gasteiger charge is -2.04. The molecule has 0 amide bonds. The van der Waals surface area contributed by atoms with Crippen LogP contribution in [-0.4, -0.2) is 26.2 Å². The summed E-state index contributed by atoms with van der Waals surface area (Å²) in [5, 5.41) is 7.15. The van der Waals surface area contributed by atoms with Crippen LogP contribution in [0, 0.1) is 6.92 Å².